The van der Waals surface area contributed by atoms with Crippen LogP contribution in [0.5, 0.6) is 0 Å². The topological polar surface area (TPSA) is 6.48 Å². The molecule has 32 heavy (non-hydrogen) atoms. The largest absolute Gasteiger partial charge is 0.337 e. The lowest BCUT2D eigenvalue weighted by Crippen LogP contribution is -2.35. The number of hydrogen-bond acceptors (Lipinski definition) is 2. The molecule has 2 aliphatic rings. The first-order chi connectivity index (χ1) is 15.6. The summed E-state index contributed by atoms with van der Waals surface area (Å²) >= 11 is 0. The van der Waals surface area contributed by atoms with Gasteiger partial charge in [0.1, 0.15) is 0 Å². The molecule has 0 unspecified atom stereocenters. The third-order valence-corrected chi connectivity index (χ3v) is 7.23. The Labute approximate surface area is 193 Å². The summed E-state index contributed by atoms with van der Waals surface area (Å²) in [5.41, 5.74) is 8.02. The van der Waals surface area contributed by atoms with E-state index in [1.165, 1.54) is 65.6 Å². The molecule has 2 radical (unpaired) electrons. The molecule has 164 valence electrons. The molecule has 3 aromatic rings. The molecule has 0 N–H and O–H groups in total. The van der Waals surface area contributed by atoms with Gasteiger partial charge in [-0.2, -0.15) is 0 Å². The van der Waals surface area contributed by atoms with Gasteiger partial charge in [0.15, 0.2) is 6.67 Å². The van der Waals surface area contributed by atoms with Gasteiger partial charge in [-0.05, 0) is 55.9 Å². The lowest BCUT2D eigenvalue weighted by Gasteiger charge is -2.35. The fourth-order valence-corrected chi connectivity index (χ4v) is 5.93. The molecule has 0 amide bonds. The third kappa shape index (κ3) is 3.97. The van der Waals surface area contributed by atoms with E-state index in [2.05, 4.69) is 110 Å². The molecule has 1 aliphatic carbocycles. The fourth-order valence-electron chi connectivity index (χ4n) is 5.93. The Morgan fingerprint density at radius 1 is 0.688 bits per heavy atom. The number of anilines is 1. The minimum absolute atomic E-state index is 0.195. The van der Waals surface area contributed by atoms with Gasteiger partial charge in [-0.25, -0.2) is 0 Å². The molecular formula is C30H34N2. The molecule has 1 saturated heterocycles. The van der Waals surface area contributed by atoms with E-state index >= 15 is 0 Å². The number of nitrogens with zero attached hydrogens (tertiary/aromatic N) is 2. The Balaban J connectivity index is 1.67. The average Bonchev–Trinajstić information content (AvgIpc) is 3.20. The molecule has 2 fully saturated rings. The zero-order valence-corrected chi connectivity index (χ0v) is 19.6. The summed E-state index contributed by atoms with van der Waals surface area (Å²) in [6.07, 6.45) is 6.53. The lowest BCUT2D eigenvalue weighted by atomic mass is 9.88. The fraction of sp³-hybridized carbons (Fsp3) is 0.367. The van der Waals surface area contributed by atoms with E-state index in [1.54, 1.807) is 0 Å². The van der Waals surface area contributed by atoms with Crippen LogP contribution >= 0.6 is 0 Å². The standard InChI is InChI=1S/C30H34N2/c1-22-19-23(2)28(24(3)20-22)32-21-31(27-17-11-6-12-18-27)29(25-13-7-4-8-14-25)30(32)26-15-9-5-10-16-26/h4-5,7-10,13-16,19-20,27,29-30H,6,11-12,17-18H2,1-3H3/t29-,30+/m0/s1. The van der Waals surface area contributed by atoms with Crippen molar-refractivity contribution < 1.29 is 0 Å². The van der Waals surface area contributed by atoms with E-state index in [4.69, 9.17) is 0 Å². The van der Waals surface area contributed by atoms with E-state index in [9.17, 15) is 0 Å². The van der Waals surface area contributed by atoms with Gasteiger partial charge in [0.05, 0.1) is 12.1 Å². The summed E-state index contributed by atoms with van der Waals surface area (Å²) in [5, 5.41) is 0. The monoisotopic (exact) mass is 422 g/mol. The lowest BCUT2D eigenvalue weighted by molar-refractivity contribution is 0.161. The van der Waals surface area contributed by atoms with Crippen molar-refractivity contribution in [2.24, 2.45) is 0 Å². The van der Waals surface area contributed by atoms with Crippen molar-refractivity contribution in [3.63, 3.8) is 0 Å². The maximum Gasteiger partial charge on any atom is 0.178 e. The second kappa shape index (κ2) is 9.11. The van der Waals surface area contributed by atoms with Crippen molar-refractivity contribution in [2.75, 3.05) is 4.90 Å². The summed E-state index contributed by atoms with van der Waals surface area (Å²) in [5.74, 6) is 0. The molecule has 2 atom stereocenters. The van der Waals surface area contributed by atoms with Crippen molar-refractivity contribution in [3.05, 3.63) is 107 Å². The van der Waals surface area contributed by atoms with E-state index in [1.807, 2.05) is 0 Å². The Hall–Kier alpha value is -2.58. The predicted octanol–water partition coefficient (Wildman–Crippen LogP) is 7.55. The molecule has 2 heteroatoms. The number of rotatable bonds is 4. The first-order valence-corrected chi connectivity index (χ1v) is 12.1. The highest BCUT2D eigenvalue weighted by Gasteiger charge is 2.46. The van der Waals surface area contributed by atoms with Gasteiger partial charge < -0.3 is 4.90 Å². The van der Waals surface area contributed by atoms with Gasteiger partial charge in [0.25, 0.3) is 0 Å². The number of hydrogen-bond donors (Lipinski definition) is 0. The second-order valence-electron chi connectivity index (χ2n) is 9.63. The molecule has 3 aromatic carbocycles. The molecule has 0 bridgehead atoms. The minimum Gasteiger partial charge on any atom is -0.337 e. The van der Waals surface area contributed by atoms with E-state index in [0.29, 0.717) is 6.04 Å². The van der Waals surface area contributed by atoms with Crippen LogP contribution in [0.25, 0.3) is 0 Å². The van der Waals surface area contributed by atoms with E-state index in [0.717, 1.165) is 0 Å². The van der Waals surface area contributed by atoms with Gasteiger partial charge in [-0.1, -0.05) is 97.6 Å². The number of aryl methyl sites for hydroxylation is 3. The smallest absolute Gasteiger partial charge is 0.178 e. The van der Waals surface area contributed by atoms with Crippen molar-refractivity contribution >= 4 is 5.69 Å². The summed E-state index contributed by atoms with van der Waals surface area (Å²) < 4.78 is 0. The van der Waals surface area contributed by atoms with Crippen LogP contribution < -0.4 is 4.90 Å². The molecule has 5 rings (SSSR count). The third-order valence-electron chi connectivity index (χ3n) is 7.23. The Kier molecular flexibility index (Phi) is 6.06. The zero-order chi connectivity index (χ0) is 22.1. The second-order valence-corrected chi connectivity index (χ2v) is 9.63. The van der Waals surface area contributed by atoms with Crippen LogP contribution in [0.3, 0.4) is 0 Å². The molecule has 1 heterocycles. The van der Waals surface area contributed by atoms with Gasteiger partial charge in [-0.3, -0.25) is 4.90 Å². The molecule has 1 aliphatic heterocycles. The maximum absolute atomic E-state index is 3.94. The highest BCUT2D eigenvalue weighted by molar-refractivity contribution is 5.64. The Bertz CT molecular complexity index is 1010. The van der Waals surface area contributed by atoms with Crippen molar-refractivity contribution in [1.29, 1.82) is 0 Å². The Morgan fingerprint density at radius 2 is 1.22 bits per heavy atom. The summed E-state index contributed by atoms with van der Waals surface area (Å²) in [4.78, 5) is 5.05. The predicted molar refractivity (Wildman–Crippen MR) is 133 cm³/mol. The van der Waals surface area contributed by atoms with Crippen LogP contribution in [0.15, 0.2) is 72.8 Å². The van der Waals surface area contributed by atoms with Crippen molar-refractivity contribution in [3.8, 4) is 0 Å². The van der Waals surface area contributed by atoms with Crippen LogP contribution in [0.1, 0.15) is 72.0 Å². The van der Waals surface area contributed by atoms with Crippen LogP contribution in [0.2, 0.25) is 0 Å². The van der Waals surface area contributed by atoms with Crippen LogP contribution in [-0.4, -0.2) is 10.9 Å². The molecule has 2 nitrogen and oxygen atoms in total. The quantitative estimate of drug-likeness (QED) is 0.428. The summed E-state index contributed by atoms with van der Waals surface area (Å²) in [7, 11) is 0. The van der Waals surface area contributed by atoms with Gasteiger partial charge >= 0.3 is 0 Å². The van der Waals surface area contributed by atoms with Gasteiger partial charge in [-0.15, -0.1) is 0 Å². The summed E-state index contributed by atoms with van der Waals surface area (Å²) in [6, 6.07) is 27.8. The van der Waals surface area contributed by atoms with Crippen molar-refractivity contribution in [2.45, 2.75) is 71.0 Å². The number of benzene rings is 3. The summed E-state index contributed by atoms with van der Waals surface area (Å²) in [6.45, 7) is 10.6. The van der Waals surface area contributed by atoms with Crippen LogP contribution in [0.4, 0.5) is 5.69 Å². The normalized spacial score (nSPS) is 22.4. The average molecular weight is 423 g/mol. The molecular weight excluding hydrogens is 388 g/mol. The van der Waals surface area contributed by atoms with Gasteiger partial charge in [0, 0.05) is 11.7 Å². The van der Waals surface area contributed by atoms with Crippen LogP contribution in [0, 0.1) is 27.4 Å². The van der Waals surface area contributed by atoms with E-state index < -0.39 is 0 Å². The molecule has 0 spiro atoms. The SMILES string of the molecule is Cc1cc(C)c(N2[C]N(C3CCCCC3)[C@@H](c3ccccc3)[C@H]2c2ccccc2)c(C)c1. The van der Waals surface area contributed by atoms with Crippen molar-refractivity contribution in [1.82, 2.24) is 4.90 Å². The van der Waals surface area contributed by atoms with Crippen LogP contribution in [-0.2, 0) is 0 Å². The first-order valence-electron chi connectivity index (χ1n) is 12.1. The Morgan fingerprint density at radius 3 is 1.78 bits per heavy atom. The first kappa shape index (κ1) is 21.3. The van der Waals surface area contributed by atoms with E-state index in [-0.39, 0.29) is 12.1 Å². The molecule has 0 aromatic heterocycles. The zero-order valence-electron chi connectivity index (χ0n) is 19.6. The minimum atomic E-state index is 0.195. The highest BCUT2D eigenvalue weighted by Crippen LogP contribution is 2.51. The highest BCUT2D eigenvalue weighted by atomic mass is 15.4. The molecule has 1 saturated carbocycles. The maximum atomic E-state index is 3.94. The van der Waals surface area contributed by atoms with Gasteiger partial charge in [0.2, 0.25) is 0 Å².